The molecule has 2 N–H and O–H groups in total. The van der Waals surface area contributed by atoms with Crippen molar-refractivity contribution in [3.8, 4) is 0 Å². The van der Waals surface area contributed by atoms with E-state index in [0.717, 1.165) is 5.56 Å². The van der Waals surface area contributed by atoms with Crippen molar-refractivity contribution in [3.05, 3.63) is 39.9 Å². The van der Waals surface area contributed by atoms with Crippen LogP contribution in [-0.4, -0.2) is 30.9 Å². The molecule has 0 spiro atoms. The number of hydrogen-bond donors (Lipinski definition) is 1. The Morgan fingerprint density at radius 3 is 2.37 bits per heavy atom. The van der Waals surface area contributed by atoms with Gasteiger partial charge in [0.2, 0.25) is 0 Å². The molecule has 0 heterocycles. The Morgan fingerprint density at radius 1 is 1.32 bits per heavy atom. The van der Waals surface area contributed by atoms with Crippen molar-refractivity contribution in [1.29, 1.82) is 0 Å². The van der Waals surface area contributed by atoms with Gasteiger partial charge in [-0.3, -0.25) is 10.1 Å². The lowest BCUT2D eigenvalue weighted by Crippen LogP contribution is -2.30. The Hall–Kier alpha value is -1.47. The molecule has 0 aliphatic carbocycles. The van der Waals surface area contributed by atoms with Crippen LogP contribution >= 0.6 is 0 Å². The van der Waals surface area contributed by atoms with Crippen molar-refractivity contribution in [2.45, 2.75) is 25.8 Å². The zero-order valence-corrected chi connectivity index (χ0v) is 11.6. The maximum absolute atomic E-state index is 11.8. The summed E-state index contributed by atoms with van der Waals surface area (Å²) in [7, 11) is -3.18. The first-order valence-corrected chi connectivity index (χ1v) is 7.85. The van der Waals surface area contributed by atoms with Crippen LogP contribution in [0.2, 0.25) is 0 Å². The van der Waals surface area contributed by atoms with Gasteiger partial charge in [0.25, 0.3) is 5.69 Å². The number of benzene rings is 1. The van der Waals surface area contributed by atoms with E-state index in [-0.39, 0.29) is 23.2 Å². The van der Waals surface area contributed by atoms with Gasteiger partial charge in [0.05, 0.1) is 16.4 Å². The van der Waals surface area contributed by atoms with Gasteiger partial charge in [-0.2, -0.15) is 0 Å². The van der Waals surface area contributed by atoms with Crippen LogP contribution in [0, 0.1) is 10.1 Å². The Kier molecular flexibility index (Phi) is 5.44. The summed E-state index contributed by atoms with van der Waals surface area (Å²) in [6.07, 6.45) is 0.966. The number of nitrogens with zero attached hydrogens (tertiary/aromatic N) is 1. The highest BCUT2D eigenvalue weighted by molar-refractivity contribution is 7.91. The average molecular weight is 286 g/mol. The van der Waals surface area contributed by atoms with Crippen molar-refractivity contribution in [2.75, 3.05) is 11.5 Å². The molecule has 0 aliphatic heterocycles. The number of rotatable bonds is 7. The summed E-state index contributed by atoms with van der Waals surface area (Å²) >= 11 is 0. The third-order valence-corrected chi connectivity index (χ3v) is 4.60. The van der Waals surface area contributed by atoms with Crippen molar-refractivity contribution in [3.63, 3.8) is 0 Å². The summed E-state index contributed by atoms with van der Waals surface area (Å²) in [5.74, 6) is -0.00497. The number of non-ortho nitro benzene ring substituents is 1. The molecule has 0 saturated carbocycles. The van der Waals surface area contributed by atoms with Crippen LogP contribution in [-0.2, 0) is 16.3 Å². The number of hydrogen-bond acceptors (Lipinski definition) is 5. The minimum Gasteiger partial charge on any atom is -0.327 e. The van der Waals surface area contributed by atoms with Gasteiger partial charge in [0.15, 0.2) is 9.84 Å². The molecule has 1 atom stereocenters. The van der Waals surface area contributed by atoms with Crippen LogP contribution < -0.4 is 5.73 Å². The lowest BCUT2D eigenvalue weighted by molar-refractivity contribution is -0.384. The van der Waals surface area contributed by atoms with Gasteiger partial charge in [-0.15, -0.1) is 0 Å². The van der Waals surface area contributed by atoms with Gasteiger partial charge in [-0.05, 0) is 18.4 Å². The molecule has 106 valence electrons. The second-order valence-corrected chi connectivity index (χ2v) is 6.68. The van der Waals surface area contributed by atoms with E-state index in [9.17, 15) is 18.5 Å². The van der Waals surface area contributed by atoms with Crippen LogP contribution in [0.5, 0.6) is 0 Å². The molecule has 1 aromatic carbocycles. The summed E-state index contributed by atoms with van der Waals surface area (Å²) in [6.45, 7) is 1.84. The molecule has 1 unspecified atom stereocenters. The third kappa shape index (κ3) is 5.35. The highest BCUT2D eigenvalue weighted by atomic mass is 32.2. The van der Waals surface area contributed by atoms with Crippen LogP contribution in [0.15, 0.2) is 24.3 Å². The van der Waals surface area contributed by atoms with E-state index in [0.29, 0.717) is 12.8 Å². The highest BCUT2D eigenvalue weighted by Gasteiger charge is 2.15. The molecule has 19 heavy (non-hydrogen) atoms. The standard InChI is InChI=1S/C12H18N2O4S/c1-2-11(13)9-19(17,18)8-7-10-3-5-12(6-4-10)14(15)16/h3-6,11H,2,7-9,13H2,1H3. The van der Waals surface area contributed by atoms with E-state index < -0.39 is 14.8 Å². The predicted molar refractivity (Wildman–Crippen MR) is 73.7 cm³/mol. The zero-order chi connectivity index (χ0) is 14.5. The van der Waals surface area contributed by atoms with Gasteiger partial charge < -0.3 is 5.73 Å². The fourth-order valence-corrected chi connectivity index (χ4v) is 3.19. The zero-order valence-electron chi connectivity index (χ0n) is 10.8. The van der Waals surface area contributed by atoms with Crippen molar-refractivity contribution in [1.82, 2.24) is 0 Å². The first-order chi connectivity index (χ1) is 8.84. The van der Waals surface area contributed by atoms with Crippen LogP contribution in [0.25, 0.3) is 0 Å². The van der Waals surface area contributed by atoms with Gasteiger partial charge in [-0.25, -0.2) is 8.42 Å². The average Bonchev–Trinajstić information content (AvgIpc) is 2.36. The maximum atomic E-state index is 11.8. The Balaban J connectivity index is 2.59. The second-order valence-electron chi connectivity index (χ2n) is 4.46. The van der Waals surface area contributed by atoms with E-state index in [2.05, 4.69) is 0 Å². The highest BCUT2D eigenvalue weighted by Crippen LogP contribution is 2.13. The Bertz CT molecular complexity index is 525. The number of aryl methyl sites for hydroxylation is 1. The minimum atomic E-state index is -3.18. The van der Waals surface area contributed by atoms with Crippen LogP contribution in [0.3, 0.4) is 0 Å². The SMILES string of the molecule is CCC(N)CS(=O)(=O)CCc1ccc([N+](=O)[O-])cc1. The summed E-state index contributed by atoms with van der Waals surface area (Å²) in [5, 5.41) is 10.5. The van der Waals surface area contributed by atoms with Crippen molar-refractivity contribution in [2.24, 2.45) is 5.73 Å². The molecule has 0 fully saturated rings. The summed E-state index contributed by atoms with van der Waals surface area (Å²) < 4.78 is 23.5. The molecule has 0 radical (unpaired) electrons. The summed E-state index contributed by atoms with van der Waals surface area (Å²) in [6, 6.07) is 5.57. The fraction of sp³-hybridized carbons (Fsp3) is 0.500. The predicted octanol–water partition coefficient (Wildman–Crippen LogP) is 1.29. The topological polar surface area (TPSA) is 103 Å². The lowest BCUT2D eigenvalue weighted by Gasteiger charge is -2.09. The molecule has 0 bridgehead atoms. The van der Waals surface area contributed by atoms with E-state index in [1.165, 1.54) is 12.1 Å². The first-order valence-electron chi connectivity index (χ1n) is 6.03. The van der Waals surface area contributed by atoms with Crippen LogP contribution in [0.4, 0.5) is 5.69 Å². The van der Waals surface area contributed by atoms with Gasteiger partial charge in [0.1, 0.15) is 0 Å². The molecule has 7 heteroatoms. The van der Waals surface area contributed by atoms with Crippen molar-refractivity contribution >= 4 is 15.5 Å². The Labute approximate surface area is 112 Å². The number of nitrogens with two attached hydrogens (primary N) is 1. The van der Waals surface area contributed by atoms with E-state index in [1.54, 1.807) is 12.1 Å². The van der Waals surface area contributed by atoms with Gasteiger partial charge in [0, 0.05) is 18.2 Å². The molecule has 1 rings (SSSR count). The van der Waals surface area contributed by atoms with E-state index in [1.807, 2.05) is 6.92 Å². The summed E-state index contributed by atoms with van der Waals surface area (Å²) in [5.41, 5.74) is 6.39. The minimum absolute atomic E-state index is 0.000359. The fourth-order valence-electron chi connectivity index (χ4n) is 1.59. The molecule has 1 aromatic rings. The molecular weight excluding hydrogens is 268 g/mol. The molecule has 0 aromatic heterocycles. The maximum Gasteiger partial charge on any atom is 0.269 e. The van der Waals surface area contributed by atoms with Gasteiger partial charge in [-0.1, -0.05) is 19.1 Å². The smallest absolute Gasteiger partial charge is 0.269 e. The number of sulfone groups is 1. The van der Waals surface area contributed by atoms with Crippen molar-refractivity contribution < 1.29 is 13.3 Å². The lowest BCUT2D eigenvalue weighted by atomic mass is 10.1. The molecule has 6 nitrogen and oxygen atoms in total. The largest absolute Gasteiger partial charge is 0.327 e. The van der Waals surface area contributed by atoms with E-state index in [4.69, 9.17) is 5.73 Å². The third-order valence-electron chi connectivity index (χ3n) is 2.84. The summed E-state index contributed by atoms with van der Waals surface area (Å²) in [4.78, 5) is 9.99. The molecule has 0 amide bonds. The monoisotopic (exact) mass is 286 g/mol. The first kappa shape index (κ1) is 15.6. The molecule has 0 aliphatic rings. The quantitative estimate of drug-likeness (QED) is 0.601. The normalized spacial score (nSPS) is 13.2. The van der Waals surface area contributed by atoms with Gasteiger partial charge >= 0.3 is 0 Å². The van der Waals surface area contributed by atoms with E-state index >= 15 is 0 Å². The molecule has 0 saturated heterocycles. The second kappa shape index (κ2) is 6.63. The number of nitro benzene ring substituents is 1. The Morgan fingerprint density at radius 2 is 1.89 bits per heavy atom. The van der Waals surface area contributed by atoms with Crippen LogP contribution in [0.1, 0.15) is 18.9 Å². The number of nitro groups is 1. The molecular formula is C12H18N2O4S.